The highest BCUT2D eigenvalue weighted by Crippen LogP contribution is 2.13. The number of nitrogen functional groups attached to an aromatic ring is 2. The van der Waals surface area contributed by atoms with E-state index in [1.165, 1.54) is 4.57 Å². The summed E-state index contributed by atoms with van der Waals surface area (Å²) >= 11 is 0. The highest BCUT2D eigenvalue weighted by Gasteiger charge is 2.15. The Kier molecular flexibility index (Phi) is 3.41. The van der Waals surface area contributed by atoms with Gasteiger partial charge in [0, 0.05) is 6.54 Å². The second-order valence-electron chi connectivity index (χ2n) is 4.21. The molecule has 2 rings (SSSR count). The molecule has 0 aliphatic rings. The lowest BCUT2D eigenvalue weighted by atomic mass is 10.3. The Morgan fingerprint density at radius 3 is 2.32 bits per heavy atom. The van der Waals surface area contributed by atoms with Crippen LogP contribution in [0.25, 0.3) is 5.69 Å². The number of aromatic nitrogens is 2. The zero-order valence-corrected chi connectivity index (χ0v) is 10.7. The summed E-state index contributed by atoms with van der Waals surface area (Å²) in [4.78, 5) is 24.3. The van der Waals surface area contributed by atoms with Crippen molar-refractivity contribution >= 4 is 11.5 Å². The lowest BCUT2D eigenvalue weighted by molar-refractivity contribution is 0.602. The van der Waals surface area contributed by atoms with Crippen LogP contribution in [0, 0.1) is 0 Å². The van der Waals surface area contributed by atoms with Crippen LogP contribution in [-0.4, -0.2) is 9.13 Å². The average Bonchev–Trinajstić information content (AvgIpc) is 2.43. The molecule has 0 saturated carbocycles. The SMILES string of the molecule is CCCn1c(=O)c(N)c(N)n(-c2ccccc2)c1=O. The molecule has 100 valence electrons. The Labute approximate surface area is 109 Å². The lowest BCUT2D eigenvalue weighted by Gasteiger charge is -2.14. The molecule has 0 aliphatic carbocycles. The molecule has 4 N–H and O–H groups in total. The maximum Gasteiger partial charge on any atom is 0.337 e. The lowest BCUT2D eigenvalue weighted by Crippen LogP contribution is -2.41. The van der Waals surface area contributed by atoms with Crippen LogP contribution in [0.15, 0.2) is 39.9 Å². The molecule has 0 radical (unpaired) electrons. The van der Waals surface area contributed by atoms with Gasteiger partial charge in [0.15, 0.2) is 0 Å². The van der Waals surface area contributed by atoms with E-state index in [9.17, 15) is 9.59 Å². The fraction of sp³-hybridized carbons (Fsp3) is 0.231. The minimum absolute atomic E-state index is 0.0199. The van der Waals surface area contributed by atoms with Crippen molar-refractivity contribution in [1.29, 1.82) is 0 Å². The van der Waals surface area contributed by atoms with Gasteiger partial charge in [-0.2, -0.15) is 0 Å². The number of anilines is 2. The molecule has 6 heteroatoms. The van der Waals surface area contributed by atoms with Crippen molar-refractivity contribution < 1.29 is 0 Å². The van der Waals surface area contributed by atoms with Crippen molar-refractivity contribution in [3.8, 4) is 5.69 Å². The summed E-state index contributed by atoms with van der Waals surface area (Å²) in [6.45, 7) is 2.19. The summed E-state index contributed by atoms with van der Waals surface area (Å²) in [5.74, 6) is -0.0199. The topological polar surface area (TPSA) is 96.0 Å². The summed E-state index contributed by atoms with van der Waals surface area (Å²) in [6, 6.07) is 8.87. The fourth-order valence-corrected chi connectivity index (χ4v) is 1.93. The molecular formula is C13H16N4O2. The second kappa shape index (κ2) is 5.01. The Bertz CT molecular complexity index is 701. The molecule has 6 nitrogen and oxygen atoms in total. The van der Waals surface area contributed by atoms with Crippen LogP contribution in [0.4, 0.5) is 11.5 Å². The van der Waals surface area contributed by atoms with E-state index in [0.717, 1.165) is 4.57 Å². The van der Waals surface area contributed by atoms with Crippen LogP contribution in [0.2, 0.25) is 0 Å². The molecule has 0 saturated heterocycles. The van der Waals surface area contributed by atoms with Gasteiger partial charge in [0.25, 0.3) is 5.56 Å². The number of benzene rings is 1. The van der Waals surface area contributed by atoms with Gasteiger partial charge >= 0.3 is 5.69 Å². The maximum absolute atomic E-state index is 12.3. The van der Waals surface area contributed by atoms with Gasteiger partial charge in [-0.3, -0.25) is 9.36 Å². The Morgan fingerprint density at radius 1 is 1.11 bits per heavy atom. The van der Waals surface area contributed by atoms with Crippen molar-refractivity contribution in [2.24, 2.45) is 0 Å². The van der Waals surface area contributed by atoms with E-state index < -0.39 is 11.2 Å². The quantitative estimate of drug-likeness (QED) is 0.843. The first-order chi connectivity index (χ1) is 9.07. The molecule has 2 aromatic rings. The summed E-state index contributed by atoms with van der Waals surface area (Å²) in [7, 11) is 0. The van der Waals surface area contributed by atoms with Crippen molar-refractivity contribution in [2.45, 2.75) is 19.9 Å². The van der Waals surface area contributed by atoms with E-state index in [0.29, 0.717) is 18.7 Å². The number of para-hydroxylation sites is 1. The van der Waals surface area contributed by atoms with Gasteiger partial charge in [-0.1, -0.05) is 25.1 Å². The molecular weight excluding hydrogens is 244 g/mol. The zero-order chi connectivity index (χ0) is 14.0. The molecule has 0 bridgehead atoms. The average molecular weight is 260 g/mol. The monoisotopic (exact) mass is 260 g/mol. The summed E-state index contributed by atoms with van der Waals surface area (Å²) in [5.41, 5.74) is 11.0. The molecule has 0 amide bonds. The van der Waals surface area contributed by atoms with Gasteiger partial charge in [0.2, 0.25) is 0 Å². The Hall–Kier alpha value is -2.50. The second-order valence-corrected chi connectivity index (χ2v) is 4.21. The van der Waals surface area contributed by atoms with Crippen LogP contribution in [-0.2, 0) is 6.54 Å². The highest BCUT2D eigenvalue weighted by molar-refractivity contribution is 5.60. The number of hydrogen-bond acceptors (Lipinski definition) is 4. The van der Waals surface area contributed by atoms with Gasteiger partial charge in [-0.25, -0.2) is 9.36 Å². The first-order valence-electron chi connectivity index (χ1n) is 6.04. The number of hydrogen-bond donors (Lipinski definition) is 2. The third kappa shape index (κ3) is 2.12. The molecule has 0 spiro atoms. The summed E-state index contributed by atoms with van der Waals surface area (Å²) < 4.78 is 2.37. The Morgan fingerprint density at radius 2 is 1.74 bits per heavy atom. The normalized spacial score (nSPS) is 10.6. The van der Waals surface area contributed by atoms with Gasteiger partial charge in [-0.15, -0.1) is 0 Å². The van der Waals surface area contributed by atoms with Crippen LogP contribution < -0.4 is 22.7 Å². The van der Waals surface area contributed by atoms with Gasteiger partial charge < -0.3 is 11.5 Å². The molecule has 1 aromatic carbocycles. The molecule has 0 aliphatic heterocycles. The number of rotatable bonds is 3. The third-order valence-corrected chi connectivity index (χ3v) is 2.88. The third-order valence-electron chi connectivity index (χ3n) is 2.88. The van der Waals surface area contributed by atoms with Crippen LogP contribution in [0.5, 0.6) is 0 Å². The maximum atomic E-state index is 12.3. The van der Waals surface area contributed by atoms with Crippen LogP contribution in [0.1, 0.15) is 13.3 Å². The first-order valence-corrected chi connectivity index (χ1v) is 6.04. The van der Waals surface area contributed by atoms with E-state index in [2.05, 4.69) is 0 Å². The molecule has 1 aromatic heterocycles. The highest BCUT2D eigenvalue weighted by atomic mass is 16.2. The smallest absolute Gasteiger partial charge is 0.337 e. The van der Waals surface area contributed by atoms with Gasteiger partial charge in [-0.05, 0) is 18.6 Å². The van der Waals surface area contributed by atoms with Gasteiger partial charge in [0.1, 0.15) is 11.5 Å². The molecule has 1 heterocycles. The number of nitrogens with zero attached hydrogens (tertiary/aromatic N) is 2. The molecule has 0 unspecified atom stereocenters. The predicted octanol–water partition coefficient (Wildman–Crippen LogP) is 0.574. The van der Waals surface area contributed by atoms with Crippen molar-refractivity contribution in [2.75, 3.05) is 11.5 Å². The largest absolute Gasteiger partial charge is 0.391 e. The van der Waals surface area contributed by atoms with E-state index in [1.807, 2.05) is 13.0 Å². The van der Waals surface area contributed by atoms with Crippen LogP contribution >= 0.6 is 0 Å². The van der Waals surface area contributed by atoms with E-state index >= 15 is 0 Å². The Balaban J connectivity index is 2.82. The van der Waals surface area contributed by atoms with Crippen molar-refractivity contribution in [1.82, 2.24) is 9.13 Å². The first kappa shape index (κ1) is 12.9. The van der Waals surface area contributed by atoms with Crippen molar-refractivity contribution in [3.63, 3.8) is 0 Å². The molecule has 0 fully saturated rings. The van der Waals surface area contributed by atoms with Crippen molar-refractivity contribution in [3.05, 3.63) is 51.2 Å². The van der Waals surface area contributed by atoms with Crippen LogP contribution in [0.3, 0.4) is 0 Å². The predicted molar refractivity (Wildman–Crippen MR) is 75.4 cm³/mol. The van der Waals surface area contributed by atoms with E-state index in [4.69, 9.17) is 11.5 Å². The number of nitrogens with two attached hydrogens (primary N) is 2. The van der Waals surface area contributed by atoms with E-state index in [1.54, 1.807) is 24.3 Å². The molecule has 19 heavy (non-hydrogen) atoms. The van der Waals surface area contributed by atoms with Gasteiger partial charge in [0.05, 0.1) is 5.69 Å². The minimum atomic E-state index is -0.531. The summed E-state index contributed by atoms with van der Waals surface area (Å²) in [5, 5.41) is 0. The zero-order valence-electron chi connectivity index (χ0n) is 10.7. The molecule has 0 atom stereocenters. The fourth-order valence-electron chi connectivity index (χ4n) is 1.93. The van der Waals surface area contributed by atoms with E-state index in [-0.39, 0.29) is 11.5 Å². The minimum Gasteiger partial charge on any atom is -0.391 e. The standard InChI is InChI=1S/C13H16N4O2/c1-2-8-16-12(18)10(14)11(15)17(13(16)19)9-6-4-3-5-7-9/h3-7H,2,8,14-15H2,1H3. The summed E-state index contributed by atoms with van der Waals surface area (Å²) in [6.07, 6.45) is 0.660.